The van der Waals surface area contributed by atoms with E-state index in [4.69, 9.17) is 5.73 Å². The van der Waals surface area contributed by atoms with Gasteiger partial charge in [0.25, 0.3) is 5.91 Å². The highest BCUT2D eigenvalue weighted by Crippen LogP contribution is 2.05. The van der Waals surface area contributed by atoms with Gasteiger partial charge in [0.1, 0.15) is 0 Å². The molecule has 0 bridgehead atoms. The maximum absolute atomic E-state index is 11.9. The molecule has 0 spiro atoms. The van der Waals surface area contributed by atoms with Gasteiger partial charge in [0.15, 0.2) is 5.96 Å². The summed E-state index contributed by atoms with van der Waals surface area (Å²) in [6.07, 6.45) is 2.22. The first kappa shape index (κ1) is 24.4. The fourth-order valence-electron chi connectivity index (χ4n) is 2.89. The SMILES string of the molecule is CCN(CC)CCCC(C)NC(=NC)NCc1ccc(C(=O)NCC(N)=O)cc1. The second-order valence-electron chi connectivity index (χ2n) is 6.99. The van der Waals surface area contributed by atoms with Crippen LogP contribution in [-0.2, 0) is 11.3 Å². The lowest BCUT2D eigenvalue weighted by atomic mass is 10.1. The van der Waals surface area contributed by atoms with Gasteiger partial charge < -0.3 is 26.6 Å². The Morgan fingerprint density at radius 1 is 1.14 bits per heavy atom. The van der Waals surface area contributed by atoms with Crippen LogP contribution in [0, 0.1) is 0 Å². The quantitative estimate of drug-likeness (QED) is 0.308. The van der Waals surface area contributed by atoms with Crippen molar-refractivity contribution in [1.82, 2.24) is 20.9 Å². The number of nitrogens with zero attached hydrogens (tertiary/aromatic N) is 2. The van der Waals surface area contributed by atoms with Crippen LogP contribution in [0.5, 0.6) is 0 Å². The molecule has 0 aliphatic rings. The summed E-state index contributed by atoms with van der Waals surface area (Å²) in [5, 5.41) is 9.18. The van der Waals surface area contributed by atoms with Gasteiger partial charge in [-0.3, -0.25) is 14.6 Å². The highest BCUT2D eigenvalue weighted by atomic mass is 16.2. The number of carbonyl (C=O) groups excluding carboxylic acids is 2. The van der Waals surface area contributed by atoms with E-state index in [1.54, 1.807) is 19.2 Å². The van der Waals surface area contributed by atoms with Crippen LogP contribution >= 0.6 is 0 Å². The molecular weight excluding hydrogens is 368 g/mol. The fourth-order valence-corrected chi connectivity index (χ4v) is 2.89. The minimum atomic E-state index is -0.569. The molecule has 162 valence electrons. The highest BCUT2D eigenvalue weighted by Gasteiger charge is 2.08. The molecule has 8 heteroatoms. The van der Waals surface area contributed by atoms with Gasteiger partial charge in [0.05, 0.1) is 6.54 Å². The Bertz CT molecular complexity index is 656. The van der Waals surface area contributed by atoms with E-state index in [-0.39, 0.29) is 12.5 Å². The first-order chi connectivity index (χ1) is 13.9. The van der Waals surface area contributed by atoms with Gasteiger partial charge in [0, 0.05) is 25.2 Å². The van der Waals surface area contributed by atoms with Crippen LogP contribution < -0.4 is 21.7 Å². The molecule has 29 heavy (non-hydrogen) atoms. The Kier molecular flexibility index (Phi) is 11.4. The third-order valence-corrected chi connectivity index (χ3v) is 4.71. The number of benzene rings is 1. The minimum absolute atomic E-state index is 0.169. The summed E-state index contributed by atoms with van der Waals surface area (Å²) in [7, 11) is 1.75. The molecular formula is C21H36N6O2. The molecule has 0 aliphatic carbocycles. The number of aliphatic imine (C=N–C) groups is 1. The number of nitrogens with two attached hydrogens (primary N) is 1. The first-order valence-electron chi connectivity index (χ1n) is 10.2. The predicted octanol–water partition coefficient (Wildman–Crippen LogP) is 1.08. The van der Waals surface area contributed by atoms with E-state index in [0.29, 0.717) is 18.2 Å². The fraction of sp³-hybridized carbons (Fsp3) is 0.571. The van der Waals surface area contributed by atoms with E-state index >= 15 is 0 Å². The molecule has 0 fully saturated rings. The molecule has 1 aromatic rings. The number of hydrogen-bond donors (Lipinski definition) is 4. The Morgan fingerprint density at radius 2 is 1.79 bits per heavy atom. The summed E-state index contributed by atoms with van der Waals surface area (Å²) >= 11 is 0. The number of rotatable bonds is 12. The Morgan fingerprint density at radius 3 is 2.34 bits per heavy atom. The lowest BCUT2D eigenvalue weighted by Crippen LogP contribution is -2.42. The zero-order valence-electron chi connectivity index (χ0n) is 18.1. The summed E-state index contributed by atoms with van der Waals surface area (Å²) in [6, 6.07) is 7.51. The van der Waals surface area contributed by atoms with Crippen LogP contribution in [0.15, 0.2) is 29.3 Å². The maximum atomic E-state index is 11.9. The van der Waals surface area contributed by atoms with Crippen molar-refractivity contribution in [2.24, 2.45) is 10.7 Å². The number of primary amides is 1. The van der Waals surface area contributed by atoms with E-state index in [2.05, 4.69) is 46.6 Å². The summed E-state index contributed by atoms with van der Waals surface area (Å²) in [5.41, 5.74) is 6.54. The molecule has 0 heterocycles. The number of hydrogen-bond acceptors (Lipinski definition) is 4. The molecule has 0 saturated heterocycles. The van der Waals surface area contributed by atoms with E-state index in [1.807, 2.05) is 12.1 Å². The van der Waals surface area contributed by atoms with E-state index in [9.17, 15) is 9.59 Å². The van der Waals surface area contributed by atoms with Crippen molar-refractivity contribution in [3.63, 3.8) is 0 Å². The largest absolute Gasteiger partial charge is 0.368 e. The third kappa shape index (κ3) is 9.94. The van der Waals surface area contributed by atoms with Crippen LogP contribution in [0.2, 0.25) is 0 Å². The number of amides is 2. The minimum Gasteiger partial charge on any atom is -0.368 e. The molecule has 0 aromatic heterocycles. The van der Waals surface area contributed by atoms with Crippen molar-refractivity contribution >= 4 is 17.8 Å². The average Bonchev–Trinajstić information content (AvgIpc) is 2.72. The smallest absolute Gasteiger partial charge is 0.251 e. The van der Waals surface area contributed by atoms with Gasteiger partial charge >= 0.3 is 0 Å². The van der Waals surface area contributed by atoms with Crippen LogP contribution in [0.1, 0.15) is 49.5 Å². The third-order valence-electron chi connectivity index (χ3n) is 4.71. The lowest BCUT2D eigenvalue weighted by Gasteiger charge is -2.21. The summed E-state index contributed by atoms with van der Waals surface area (Å²) in [4.78, 5) is 29.3. The summed E-state index contributed by atoms with van der Waals surface area (Å²) < 4.78 is 0. The molecule has 1 unspecified atom stereocenters. The van der Waals surface area contributed by atoms with Crippen molar-refractivity contribution in [2.45, 2.75) is 46.2 Å². The monoisotopic (exact) mass is 404 g/mol. The molecule has 5 N–H and O–H groups in total. The average molecular weight is 405 g/mol. The normalized spacial score (nSPS) is 12.5. The molecule has 1 aromatic carbocycles. The van der Waals surface area contributed by atoms with Gasteiger partial charge in [-0.05, 0) is 57.1 Å². The van der Waals surface area contributed by atoms with Gasteiger partial charge in [0.2, 0.25) is 5.91 Å². The zero-order chi connectivity index (χ0) is 21.6. The lowest BCUT2D eigenvalue weighted by molar-refractivity contribution is -0.117. The van der Waals surface area contributed by atoms with Crippen LogP contribution in [0.3, 0.4) is 0 Å². The Balaban J connectivity index is 2.42. The molecule has 0 saturated carbocycles. The Labute approximate surface area is 174 Å². The number of nitrogens with one attached hydrogen (secondary N) is 3. The van der Waals surface area contributed by atoms with Crippen molar-refractivity contribution in [2.75, 3.05) is 33.2 Å². The topological polar surface area (TPSA) is 112 Å². The summed E-state index contributed by atoms with van der Waals surface area (Å²) in [5.74, 6) is -0.136. The second kappa shape index (κ2) is 13.5. The Hall–Kier alpha value is -2.61. The van der Waals surface area contributed by atoms with Gasteiger partial charge in [-0.15, -0.1) is 0 Å². The van der Waals surface area contributed by atoms with Crippen molar-refractivity contribution in [3.8, 4) is 0 Å². The number of carbonyl (C=O) groups is 2. The van der Waals surface area contributed by atoms with Gasteiger partial charge in [-0.2, -0.15) is 0 Å². The van der Waals surface area contributed by atoms with Gasteiger partial charge in [-0.1, -0.05) is 26.0 Å². The zero-order valence-corrected chi connectivity index (χ0v) is 18.1. The highest BCUT2D eigenvalue weighted by molar-refractivity contribution is 5.96. The van der Waals surface area contributed by atoms with Crippen LogP contribution in [-0.4, -0.2) is 61.9 Å². The first-order valence-corrected chi connectivity index (χ1v) is 10.2. The molecule has 0 aliphatic heterocycles. The maximum Gasteiger partial charge on any atom is 0.251 e. The van der Waals surface area contributed by atoms with Crippen molar-refractivity contribution in [3.05, 3.63) is 35.4 Å². The van der Waals surface area contributed by atoms with E-state index < -0.39 is 5.91 Å². The molecule has 1 rings (SSSR count). The van der Waals surface area contributed by atoms with E-state index in [1.165, 1.54) is 0 Å². The molecule has 2 amide bonds. The second-order valence-corrected chi connectivity index (χ2v) is 6.99. The van der Waals surface area contributed by atoms with Crippen LogP contribution in [0.4, 0.5) is 0 Å². The molecule has 8 nitrogen and oxygen atoms in total. The van der Waals surface area contributed by atoms with E-state index in [0.717, 1.165) is 44.0 Å². The molecule has 0 radical (unpaired) electrons. The van der Waals surface area contributed by atoms with Crippen molar-refractivity contribution in [1.29, 1.82) is 0 Å². The van der Waals surface area contributed by atoms with Crippen LogP contribution in [0.25, 0.3) is 0 Å². The number of guanidine groups is 1. The summed E-state index contributed by atoms with van der Waals surface area (Å²) in [6.45, 7) is 10.3. The predicted molar refractivity (Wildman–Crippen MR) is 118 cm³/mol. The standard InChI is InChI=1S/C21H36N6O2/c1-5-27(6-2)13-7-8-16(3)26-21(23-4)25-14-17-9-11-18(12-10-17)20(29)24-15-19(22)28/h9-12,16H,5-8,13-15H2,1-4H3,(H2,22,28)(H,24,29)(H2,23,25,26). The van der Waals surface area contributed by atoms with Crippen molar-refractivity contribution < 1.29 is 9.59 Å². The molecule has 1 atom stereocenters. The van der Waals surface area contributed by atoms with Gasteiger partial charge in [-0.25, -0.2) is 0 Å².